The molecule has 1 nitrogen and oxygen atoms in total. The fraction of sp³-hybridized carbons (Fsp3) is 0.571. The second-order valence-corrected chi connectivity index (χ2v) is 4.44. The highest BCUT2D eigenvalue weighted by molar-refractivity contribution is 5.54. The Balaban J connectivity index is 2.60. The molecule has 15 heavy (non-hydrogen) atoms. The smallest absolute Gasteiger partial charge is 0.0374 e. The summed E-state index contributed by atoms with van der Waals surface area (Å²) in [5.41, 5.74) is 4.03. The molecule has 0 heterocycles. The standard InChI is InChI=1S/C14H23N/c1-5-6-9-12(3)15-14-10-7-8-11(2)13(14)4/h7-8,10,12,15H,5-6,9H2,1-4H3. The first-order chi connectivity index (χ1) is 7.15. The van der Waals surface area contributed by atoms with Gasteiger partial charge in [-0.1, -0.05) is 31.9 Å². The minimum atomic E-state index is 0.574. The largest absolute Gasteiger partial charge is 0.382 e. The van der Waals surface area contributed by atoms with E-state index in [-0.39, 0.29) is 0 Å². The van der Waals surface area contributed by atoms with Crippen LogP contribution >= 0.6 is 0 Å². The van der Waals surface area contributed by atoms with Crippen molar-refractivity contribution in [2.45, 2.75) is 53.0 Å². The van der Waals surface area contributed by atoms with Gasteiger partial charge in [-0.25, -0.2) is 0 Å². The molecule has 0 spiro atoms. The summed E-state index contributed by atoms with van der Waals surface area (Å²) < 4.78 is 0. The number of aryl methyl sites for hydroxylation is 1. The summed E-state index contributed by atoms with van der Waals surface area (Å²) in [6.45, 7) is 8.85. The predicted molar refractivity (Wildman–Crippen MR) is 68.5 cm³/mol. The topological polar surface area (TPSA) is 12.0 Å². The highest BCUT2D eigenvalue weighted by atomic mass is 14.9. The van der Waals surface area contributed by atoms with Crippen LogP contribution in [0.15, 0.2) is 18.2 Å². The Bertz CT molecular complexity index is 304. The summed E-state index contributed by atoms with van der Waals surface area (Å²) in [5.74, 6) is 0. The summed E-state index contributed by atoms with van der Waals surface area (Å²) in [6.07, 6.45) is 3.84. The molecule has 1 N–H and O–H groups in total. The van der Waals surface area contributed by atoms with Gasteiger partial charge in [-0.3, -0.25) is 0 Å². The van der Waals surface area contributed by atoms with Crippen LogP contribution in [0.2, 0.25) is 0 Å². The van der Waals surface area contributed by atoms with Crippen molar-refractivity contribution in [1.82, 2.24) is 0 Å². The number of nitrogens with one attached hydrogen (secondary N) is 1. The monoisotopic (exact) mass is 205 g/mol. The lowest BCUT2D eigenvalue weighted by Crippen LogP contribution is -2.15. The molecular weight excluding hydrogens is 182 g/mol. The van der Waals surface area contributed by atoms with Gasteiger partial charge < -0.3 is 5.32 Å². The molecule has 1 aromatic carbocycles. The lowest BCUT2D eigenvalue weighted by atomic mass is 10.1. The highest BCUT2D eigenvalue weighted by Gasteiger charge is 2.04. The van der Waals surface area contributed by atoms with Crippen molar-refractivity contribution in [3.8, 4) is 0 Å². The third-order valence-electron chi connectivity index (χ3n) is 3.00. The van der Waals surface area contributed by atoms with Crippen molar-refractivity contribution in [1.29, 1.82) is 0 Å². The Hall–Kier alpha value is -0.980. The van der Waals surface area contributed by atoms with Gasteiger partial charge in [0.1, 0.15) is 0 Å². The molecule has 1 heteroatoms. The summed E-state index contributed by atoms with van der Waals surface area (Å²) in [5, 5.41) is 3.59. The van der Waals surface area contributed by atoms with Crippen LogP contribution in [0.25, 0.3) is 0 Å². The molecule has 0 aliphatic carbocycles. The predicted octanol–water partition coefficient (Wildman–Crippen LogP) is 4.29. The number of rotatable bonds is 5. The first-order valence-electron chi connectivity index (χ1n) is 5.98. The van der Waals surface area contributed by atoms with E-state index < -0.39 is 0 Å². The molecule has 1 rings (SSSR count). The van der Waals surface area contributed by atoms with E-state index in [2.05, 4.69) is 51.2 Å². The van der Waals surface area contributed by atoms with E-state index >= 15 is 0 Å². The molecule has 0 saturated heterocycles. The number of unbranched alkanes of at least 4 members (excludes halogenated alkanes) is 1. The van der Waals surface area contributed by atoms with Crippen LogP contribution in [0, 0.1) is 13.8 Å². The zero-order chi connectivity index (χ0) is 11.3. The van der Waals surface area contributed by atoms with E-state index in [1.165, 1.54) is 36.1 Å². The molecule has 0 fully saturated rings. The van der Waals surface area contributed by atoms with Crippen molar-refractivity contribution in [3.05, 3.63) is 29.3 Å². The number of anilines is 1. The molecule has 1 unspecified atom stereocenters. The van der Waals surface area contributed by atoms with Gasteiger partial charge in [0.2, 0.25) is 0 Å². The van der Waals surface area contributed by atoms with Crippen LogP contribution in [0.4, 0.5) is 5.69 Å². The van der Waals surface area contributed by atoms with Crippen LogP contribution in [-0.2, 0) is 0 Å². The normalized spacial score (nSPS) is 12.5. The zero-order valence-corrected chi connectivity index (χ0v) is 10.4. The quantitative estimate of drug-likeness (QED) is 0.756. The fourth-order valence-corrected chi connectivity index (χ4v) is 1.76. The summed E-state index contributed by atoms with van der Waals surface area (Å²) in [7, 11) is 0. The van der Waals surface area contributed by atoms with Gasteiger partial charge in [0, 0.05) is 11.7 Å². The second-order valence-electron chi connectivity index (χ2n) is 4.44. The Morgan fingerprint density at radius 2 is 2.00 bits per heavy atom. The van der Waals surface area contributed by atoms with Crippen molar-refractivity contribution < 1.29 is 0 Å². The molecule has 1 aromatic rings. The molecular formula is C14H23N. The minimum Gasteiger partial charge on any atom is -0.382 e. The molecule has 0 radical (unpaired) electrons. The third-order valence-corrected chi connectivity index (χ3v) is 3.00. The van der Waals surface area contributed by atoms with E-state index in [1.54, 1.807) is 0 Å². The average molecular weight is 205 g/mol. The summed E-state index contributed by atoms with van der Waals surface area (Å²) in [4.78, 5) is 0. The lowest BCUT2D eigenvalue weighted by molar-refractivity contribution is 0.645. The molecule has 0 saturated carbocycles. The SMILES string of the molecule is CCCCC(C)Nc1cccc(C)c1C. The van der Waals surface area contributed by atoms with E-state index in [1.807, 2.05) is 0 Å². The molecule has 0 aliphatic rings. The van der Waals surface area contributed by atoms with Gasteiger partial charge in [0.05, 0.1) is 0 Å². The van der Waals surface area contributed by atoms with E-state index in [4.69, 9.17) is 0 Å². The molecule has 0 bridgehead atoms. The molecule has 0 amide bonds. The average Bonchev–Trinajstić information content (AvgIpc) is 2.22. The van der Waals surface area contributed by atoms with Crippen LogP contribution in [0.3, 0.4) is 0 Å². The van der Waals surface area contributed by atoms with Crippen LogP contribution in [0.1, 0.15) is 44.2 Å². The number of benzene rings is 1. The van der Waals surface area contributed by atoms with Crippen molar-refractivity contribution in [2.75, 3.05) is 5.32 Å². The Labute approximate surface area is 93.9 Å². The maximum absolute atomic E-state index is 3.59. The molecule has 84 valence electrons. The molecule has 1 atom stereocenters. The first-order valence-corrected chi connectivity index (χ1v) is 5.98. The van der Waals surface area contributed by atoms with Crippen molar-refractivity contribution >= 4 is 5.69 Å². The van der Waals surface area contributed by atoms with Gasteiger partial charge >= 0.3 is 0 Å². The Morgan fingerprint density at radius 1 is 1.27 bits per heavy atom. The van der Waals surface area contributed by atoms with Gasteiger partial charge in [0.25, 0.3) is 0 Å². The maximum Gasteiger partial charge on any atom is 0.0374 e. The van der Waals surface area contributed by atoms with Gasteiger partial charge in [-0.05, 0) is 44.4 Å². The zero-order valence-electron chi connectivity index (χ0n) is 10.4. The third kappa shape index (κ3) is 3.58. The van der Waals surface area contributed by atoms with E-state index in [0.717, 1.165) is 0 Å². The van der Waals surface area contributed by atoms with Crippen LogP contribution in [0.5, 0.6) is 0 Å². The van der Waals surface area contributed by atoms with E-state index in [0.29, 0.717) is 6.04 Å². The van der Waals surface area contributed by atoms with E-state index in [9.17, 15) is 0 Å². The molecule has 0 aromatic heterocycles. The van der Waals surface area contributed by atoms with Gasteiger partial charge in [-0.2, -0.15) is 0 Å². The molecule has 0 aliphatic heterocycles. The minimum absolute atomic E-state index is 0.574. The van der Waals surface area contributed by atoms with Crippen molar-refractivity contribution in [3.63, 3.8) is 0 Å². The van der Waals surface area contributed by atoms with Crippen molar-refractivity contribution in [2.24, 2.45) is 0 Å². The second kappa shape index (κ2) is 5.79. The van der Waals surface area contributed by atoms with Gasteiger partial charge in [0.15, 0.2) is 0 Å². The number of hydrogen-bond acceptors (Lipinski definition) is 1. The maximum atomic E-state index is 3.59. The number of hydrogen-bond donors (Lipinski definition) is 1. The lowest BCUT2D eigenvalue weighted by Gasteiger charge is -2.17. The summed E-state index contributed by atoms with van der Waals surface area (Å²) in [6, 6.07) is 7.03. The van der Waals surface area contributed by atoms with Crippen LogP contribution < -0.4 is 5.32 Å². The fourth-order valence-electron chi connectivity index (χ4n) is 1.76. The van der Waals surface area contributed by atoms with Crippen LogP contribution in [-0.4, -0.2) is 6.04 Å². The van der Waals surface area contributed by atoms with Gasteiger partial charge in [-0.15, -0.1) is 0 Å². The Kier molecular flexibility index (Phi) is 4.67. The highest BCUT2D eigenvalue weighted by Crippen LogP contribution is 2.19. The Morgan fingerprint density at radius 3 is 2.67 bits per heavy atom. The first kappa shape index (κ1) is 12.1. The summed E-state index contributed by atoms with van der Waals surface area (Å²) >= 11 is 0.